The van der Waals surface area contributed by atoms with Crippen LogP contribution in [0.1, 0.15) is 88.5 Å². The molecule has 4 amide bonds. The highest BCUT2D eigenvalue weighted by atomic mass is 35.5. The van der Waals surface area contributed by atoms with E-state index in [9.17, 15) is 19.2 Å². The normalized spacial score (nSPS) is 19.4. The predicted molar refractivity (Wildman–Crippen MR) is 236 cm³/mol. The lowest BCUT2D eigenvalue weighted by molar-refractivity contribution is -0.137. The molecule has 2 aromatic heterocycles. The summed E-state index contributed by atoms with van der Waals surface area (Å²) < 4.78 is 1.91. The van der Waals surface area contributed by atoms with Gasteiger partial charge in [0.15, 0.2) is 0 Å². The molecule has 15 nitrogen and oxygen atoms in total. The average Bonchev–Trinajstić information content (AvgIpc) is 3.89. The maximum Gasteiger partial charge on any atom is 0.255 e. The first-order chi connectivity index (χ1) is 29.3. The third kappa shape index (κ3) is 8.72. The number of rotatable bonds is 10. The summed E-state index contributed by atoms with van der Waals surface area (Å²) in [7, 11) is 0. The van der Waals surface area contributed by atoms with Crippen LogP contribution in [0.4, 0.5) is 10.7 Å². The van der Waals surface area contributed by atoms with Crippen LogP contribution in [0.2, 0.25) is 5.02 Å². The number of primary amides is 1. The summed E-state index contributed by atoms with van der Waals surface area (Å²) in [5.41, 5.74) is 11.7. The van der Waals surface area contributed by atoms with Gasteiger partial charge in [-0.1, -0.05) is 41.6 Å². The first-order valence-electron chi connectivity index (χ1n) is 20.3. The Morgan fingerprint density at radius 2 is 1.85 bits per heavy atom. The van der Waals surface area contributed by atoms with Gasteiger partial charge in [0.25, 0.3) is 5.91 Å². The van der Waals surface area contributed by atoms with Crippen LogP contribution in [0, 0.1) is 29.6 Å². The number of benzene rings is 2. The summed E-state index contributed by atoms with van der Waals surface area (Å²) in [6.07, 6.45) is 6.94. The molecule has 2 saturated heterocycles. The van der Waals surface area contributed by atoms with Gasteiger partial charge in [-0.2, -0.15) is 5.10 Å². The van der Waals surface area contributed by atoms with Crippen LogP contribution in [0.15, 0.2) is 59.9 Å². The molecule has 8 rings (SSSR count). The zero-order chi connectivity index (χ0) is 42.9. The lowest BCUT2D eigenvalue weighted by Gasteiger charge is -2.33. The molecule has 6 N–H and O–H groups in total. The van der Waals surface area contributed by atoms with Crippen LogP contribution in [-0.2, 0) is 27.5 Å². The minimum absolute atomic E-state index is 0.00464. The molecule has 314 valence electrons. The maximum absolute atomic E-state index is 13.3. The quantitative estimate of drug-likeness (QED) is 0.0640. The zero-order valence-corrected chi connectivity index (χ0v) is 35.5. The summed E-state index contributed by atoms with van der Waals surface area (Å²) in [5, 5.41) is 29.5. The molecule has 1 unspecified atom stereocenters. The van der Waals surface area contributed by atoms with Crippen molar-refractivity contribution in [1.82, 2.24) is 24.9 Å². The van der Waals surface area contributed by atoms with Gasteiger partial charge in [-0.3, -0.25) is 49.9 Å². The second-order valence-electron chi connectivity index (χ2n) is 15.8. The van der Waals surface area contributed by atoms with Crippen molar-refractivity contribution in [2.24, 2.45) is 10.7 Å². The van der Waals surface area contributed by atoms with E-state index in [0.29, 0.717) is 34.3 Å². The van der Waals surface area contributed by atoms with E-state index in [2.05, 4.69) is 32.5 Å². The van der Waals surface area contributed by atoms with Gasteiger partial charge in [-0.15, -0.1) is 11.3 Å². The molecular formula is C44H46ClN11O4S. The van der Waals surface area contributed by atoms with Crippen molar-refractivity contribution in [3.63, 3.8) is 0 Å². The number of piperidine rings is 2. The van der Waals surface area contributed by atoms with Crippen LogP contribution in [-0.4, -0.2) is 98.4 Å². The second-order valence-corrected chi connectivity index (χ2v) is 17.2. The Hall–Kier alpha value is -6.15. The Bertz CT molecular complexity index is 2540. The van der Waals surface area contributed by atoms with E-state index in [0.717, 1.165) is 83.8 Å². The van der Waals surface area contributed by atoms with Crippen molar-refractivity contribution >= 4 is 74.6 Å². The number of aromatic nitrogens is 2. The van der Waals surface area contributed by atoms with E-state index in [1.807, 2.05) is 48.1 Å². The molecule has 17 heteroatoms. The third-order valence-electron chi connectivity index (χ3n) is 11.6. The summed E-state index contributed by atoms with van der Waals surface area (Å²) in [6, 6.07) is 11.7. The summed E-state index contributed by atoms with van der Waals surface area (Å²) in [6.45, 7) is 7.46. The molecule has 0 aliphatic carbocycles. The number of thiophene rings is 1. The third-order valence-corrected chi connectivity index (χ3v) is 13.0. The number of aliphatic imine (C=N–C) groups is 1. The van der Waals surface area contributed by atoms with Gasteiger partial charge < -0.3 is 20.9 Å². The van der Waals surface area contributed by atoms with Crippen LogP contribution in [0.5, 0.6) is 0 Å². The average molecular weight is 860 g/mol. The smallest absolute Gasteiger partial charge is 0.255 e. The number of fused-ring (bicyclic) bond motifs is 2. The molecule has 6 heterocycles. The van der Waals surface area contributed by atoms with Crippen LogP contribution < -0.4 is 21.3 Å². The monoisotopic (exact) mass is 859 g/mol. The molecule has 4 aliphatic heterocycles. The number of amides is 4. The number of hydrogen-bond donors (Lipinski definition) is 5. The molecule has 0 bridgehead atoms. The number of anilines is 2. The first-order valence-corrected chi connectivity index (χ1v) is 21.5. The number of hydrogen-bond acceptors (Lipinski definition) is 11. The number of nitrogens with two attached hydrogens (primary N) is 1. The van der Waals surface area contributed by atoms with Gasteiger partial charge in [0.1, 0.15) is 28.8 Å². The van der Waals surface area contributed by atoms with Gasteiger partial charge in [0.2, 0.25) is 17.7 Å². The molecule has 2 fully saturated rings. The van der Waals surface area contributed by atoms with E-state index >= 15 is 0 Å². The molecule has 0 radical (unpaired) electrons. The molecule has 61 heavy (non-hydrogen) atoms. The molecule has 2 aromatic carbocycles. The number of carbonyl (C=O) groups is 4. The zero-order valence-electron chi connectivity index (χ0n) is 33.9. The number of carbonyl (C=O) groups excluding carboxylic acids is 4. The highest BCUT2D eigenvalue weighted by molar-refractivity contribution is 7.17. The minimum Gasteiger partial charge on any atom is -0.382 e. The number of nitrogens with one attached hydrogen (secondary N) is 4. The summed E-state index contributed by atoms with van der Waals surface area (Å²) in [4.78, 5) is 60.8. The number of aryl methyl sites for hydroxylation is 1. The van der Waals surface area contributed by atoms with Crippen LogP contribution >= 0.6 is 22.9 Å². The fourth-order valence-electron chi connectivity index (χ4n) is 8.46. The van der Waals surface area contributed by atoms with Crippen LogP contribution in [0.25, 0.3) is 0 Å². The SMILES string of the molecule is CC(=N)N1C(=N)[C@H](CC(N)=O)N=C(c2ccc(Cl)cc2)c2c1sc(C#Cc1cnn(CCCN3CCC(Nc4cccc5c4CN(C4CCC(=O)NC4=O)C5=O)CC3)c1)c2C. The minimum atomic E-state index is -0.871. The van der Waals surface area contributed by atoms with Crippen LogP contribution in [0.3, 0.4) is 0 Å². The van der Waals surface area contributed by atoms with Gasteiger partial charge in [0, 0.05) is 77.8 Å². The highest BCUT2D eigenvalue weighted by Gasteiger charge is 2.40. The van der Waals surface area contributed by atoms with Crippen molar-refractivity contribution in [1.29, 1.82) is 10.8 Å². The number of imide groups is 1. The largest absolute Gasteiger partial charge is 0.382 e. The van der Waals surface area contributed by atoms with E-state index in [-0.39, 0.29) is 42.4 Å². The topological polar surface area (TPSA) is 206 Å². The van der Waals surface area contributed by atoms with E-state index in [4.69, 9.17) is 33.1 Å². The number of amidine groups is 2. The Kier molecular flexibility index (Phi) is 11.9. The van der Waals surface area contributed by atoms with Gasteiger partial charge in [-0.05, 0) is 75.9 Å². The Morgan fingerprint density at radius 1 is 1.08 bits per heavy atom. The van der Waals surface area contributed by atoms with Gasteiger partial charge >= 0.3 is 0 Å². The number of nitrogens with zero attached hydrogens (tertiary/aromatic N) is 6. The number of halogens is 1. The number of likely N-dealkylation sites (tertiary alicyclic amines) is 1. The molecule has 0 spiro atoms. The Balaban J connectivity index is 0.879. The fraction of sp³-hybridized carbons (Fsp3) is 0.364. The Morgan fingerprint density at radius 3 is 2.57 bits per heavy atom. The maximum atomic E-state index is 13.3. The Labute approximate surface area is 362 Å². The van der Waals surface area contributed by atoms with Crippen molar-refractivity contribution in [3.05, 3.63) is 98.1 Å². The van der Waals surface area contributed by atoms with E-state index < -0.39 is 23.9 Å². The lowest BCUT2D eigenvalue weighted by Crippen LogP contribution is -2.52. The van der Waals surface area contributed by atoms with E-state index in [1.165, 1.54) is 16.2 Å². The summed E-state index contributed by atoms with van der Waals surface area (Å²) in [5.74, 6) is 5.24. The van der Waals surface area contributed by atoms with Crippen molar-refractivity contribution in [2.45, 2.75) is 83.6 Å². The lowest BCUT2D eigenvalue weighted by atomic mass is 9.99. The molecule has 4 aromatic rings. The van der Waals surface area contributed by atoms with Crippen molar-refractivity contribution < 1.29 is 19.2 Å². The molecule has 0 saturated carbocycles. The van der Waals surface area contributed by atoms with E-state index in [1.54, 1.807) is 30.2 Å². The predicted octanol–water partition coefficient (Wildman–Crippen LogP) is 4.91. The fourth-order valence-corrected chi connectivity index (χ4v) is 9.82. The second kappa shape index (κ2) is 17.4. The van der Waals surface area contributed by atoms with Crippen molar-refractivity contribution in [3.8, 4) is 11.8 Å². The molecule has 4 aliphatic rings. The van der Waals surface area contributed by atoms with Gasteiger partial charge in [0.05, 0.1) is 28.8 Å². The first kappa shape index (κ1) is 41.6. The molecular weight excluding hydrogens is 814 g/mol. The highest BCUT2D eigenvalue weighted by Crippen LogP contribution is 2.40. The standard InChI is InChI=1S/C44H46ClN11O4S/c1-25-36(61-44-39(25)40(28-8-10-29(45)11-9-28)51-34(21-37(47)57)41(48)56(44)26(2)46)13-7-27-22-49-54(23-27)18-4-17-53-19-15-30(16-20-53)50-33-6-3-5-31-32(33)24-55(43(31)60)35-12-14-38(58)52-42(35)59/h3,5-6,8-11,22-23,30,34-35,46,48,50H,4,12,14-21,24H2,1-2H3,(H2,47,57)(H,52,58,59)/t34-,35?/m0/s1. The summed E-state index contributed by atoms with van der Waals surface area (Å²) >= 11 is 7.59. The molecule has 2 atom stereocenters. The van der Waals surface area contributed by atoms with Gasteiger partial charge in [-0.25, -0.2) is 0 Å². The van der Waals surface area contributed by atoms with Crippen molar-refractivity contribution in [2.75, 3.05) is 29.9 Å².